The van der Waals surface area contributed by atoms with E-state index in [-0.39, 0.29) is 18.8 Å². The number of carbonyl (C=O) groups excluding carboxylic acids is 1. The Morgan fingerprint density at radius 2 is 1.70 bits per heavy atom. The molecule has 4 rings (SSSR count). The van der Waals surface area contributed by atoms with E-state index in [0.717, 1.165) is 23.1 Å². The van der Waals surface area contributed by atoms with Crippen molar-refractivity contribution in [2.45, 2.75) is 25.5 Å². The molecule has 152 valence electrons. The molecule has 0 saturated heterocycles. The van der Waals surface area contributed by atoms with E-state index in [1.165, 1.54) is 23.3 Å². The number of amides is 1. The van der Waals surface area contributed by atoms with Gasteiger partial charge in [-0.25, -0.2) is 9.59 Å². The Bertz CT molecular complexity index is 1090. The lowest BCUT2D eigenvalue weighted by molar-refractivity contribution is -0.139. The lowest BCUT2D eigenvalue weighted by Gasteiger charge is -2.15. The summed E-state index contributed by atoms with van der Waals surface area (Å²) in [6, 6.07) is 19.1. The number of rotatable bonds is 6. The molecule has 0 spiro atoms. The number of carboxylic acid groups (broad SMARTS) is 1. The predicted molar refractivity (Wildman–Crippen MR) is 111 cm³/mol. The number of alkyl carbamates (subject to hydrolysis) is 1. The quantitative estimate of drug-likeness (QED) is 0.454. The Balaban J connectivity index is 1.40. The molecule has 6 nitrogen and oxygen atoms in total. The topological polar surface area (TPSA) is 95.9 Å². The third-order valence-corrected chi connectivity index (χ3v) is 5.27. The molecule has 1 aliphatic rings. The molecule has 6 heteroatoms. The first kappa shape index (κ1) is 19.5. The number of ether oxygens (including phenoxy) is 1. The van der Waals surface area contributed by atoms with Crippen LogP contribution in [0.15, 0.2) is 66.7 Å². The van der Waals surface area contributed by atoms with Crippen LogP contribution in [0.2, 0.25) is 0 Å². The van der Waals surface area contributed by atoms with Gasteiger partial charge in [0.05, 0.1) is 0 Å². The number of hydrogen-bond acceptors (Lipinski definition) is 4. The van der Waals surface area contributed by atoms with Crippen molar-refractivity contribution in [2.24, 2.45) is 0 Å². The Morgan fingerprint density at radius 3 is 2.47 bits per heavy atom. The minimum absolute atomic E-state index is 0.0640. The van der Waals surface area contributed by atoms with Gasteiger partial charge in [-0.2, -0.15) is 0 Å². The normalized spacial score (nSPS) is 12.5. The van der Waals surface area contributed by atoms with Crippen LogP contribution >= 0.6 is 0 Å². The monoisotopic (exact) mass is 403 g/mol. The van der Waals surface area contributed by atoms with Crippen molar-refractivity contribution in [1.82, 2.24) is 5.32 Å². The van der Waals surface area contributed by atoms with E-state index >= 15 is 0 Å². The molecule has 3 aromatic carbocycles. The fourth-order valence-corrected chi connectivity index (χ4v) is 3.75. The number of nitrogens with one attached hydrogen (secondary N) is 1. The van der Waals surface area contributed by atoms with Gasteiger partial charge < -0.3 is 20.3 Å². The summed E-state index contributed by atoms with van der Waals surface area (Å²) in [6.07, 6.45) is 0.0840. The van der Waals surface area contributed by atoms with Crippen LogP contribution in [0.3, 0.4) is 0 Å². The summed E-state index contributed by atoms with van der Waals surface area (Å²) in [6.45, 7) is 0.0640. The lowest BCUT2D eigenvalue weighted by Crippen LogP contribution is -2.42. The zero-order valence-electron chi connectivity index (χ0n) is 16.2. The minimum Gasteiger partial charge on any atom is -0.508 e. The van der Waals surface area contributed by atoms with E-state index in [9.17, 15) is 19.8 Å². The number of phenols is 1. The molecule has 1 amide bonds. The molecule has 0 aliphatic heterocycles. The summed E-state index contributed by atoms with van der Waals surface area (Å²) in [4.78, 5) is 23.8. The van der Waals surface area contributed by atoms with Crippen molar-refractivity contribution >= 4 is 12.1 Å². The van der Waals surface area contributed by atoms with Crippen molar-refractivity contribution in [3.63, 3.8) is 0 Å². The first-order chi connectivity index (χ1) is 14.5. The maximum atomic E-state index is 12.3. The molecule has 0 heterocycles. The smallest absolute Gasteiger partial charge is 0.408 e. The number of hydrogen-bond donors (Lipinski definition) is 3. The third-order valence-electron chi connectivity index (χ3n) is 5.27. The maximum Gasteiger partial charge on any atom is 0.408 e. The van der Waals surface area contributed by atoms with Crippen LogP contribution in [-0.2, 0) is 29.0 Å². The average molecular weight is 403 g/mol. The van der Waals surface area contributed by atoms with Crippen LogP contribution in [-0.4, -0.2) is 28.3 Å². The maximum absolute atomic E-state index is 12.3. The first-order valence-corrected chi connectivity index (χ1v) is 9.64. The number of phenolic OH excluding ortho intramolecular Hbond substituents is 1. The second-order valence-electron chi connectivity index (χ2n) is 7.26. The molecule has 0 aromatic heterocycles. The van der Waals surface area contributed by atoms with Gasteiger partial charge in [0.1, 0.15) is 18.4 Å². The lowest BCUT2D eigenvalue weighted by atomic mass is 10.0. The van der Waals surface area contributed by atoms with Crippen LogP contribution in [0.5, 0.6) is 5.75 Å². The van der Waals surface area contributed by atoms with Gasteiger partial charge in [0, 0.05) is 6.42 Å². The van der Waals surface area contributed by atoms with Crippen molar-refractivity contribution < 1.29 is 24.5 Å². The molecule has 1 atom stereocenters. The Morgan fingerprint density at radius 1 is 0.967 bits per heavy atom. The van der Waals surface area contributed by atoms with Crippen molar-refractivity contribution in [3.8, 4) is 16.9 Å². The van der Waals surface area contributed by atoms with Crippen LogP contribution in [0.1, 0.15) is 22.3 Å². The summed E-state index contributed by atoms with van der Waals surface area (Å²) >= 11 is 0. The molecular formula is C24H21NO5. The summed E-state index contributed by atoms with van der Waals surface area (Å²) in [5.41, 5.74) is 6.29. The molecular weight excluding hydrogens is 382 g/mol. The second kappa shape index (κ2) is 8.29. The van der Waals surface area contributed by atoms with Crippen molar-refractivity contribution in [3.05, 3.63) is 89.0 Å². The average Bonchev–Trinajstić information content (AvgIpc) is 3.12. The van der Waals surface area contributed by atoms with Crippen molar-refractivity contribution in [1.29, 1.82) is 0 Å². The molecule has 1 aliphatic carbocycles. The summed E-state index contributed by atoms with van der Waals surface area (Å²) in [5, 5.41) is 21.2. The molecule has 0 unspecified atom stereocenters. The molecule has 30 heavy (non-hydrogen) atoms. The number of carboxylic acids is 1. The number of aliphatic carboxylic acids is 1. The van der Waals surface area contributed by atoms with E-state index in [0.29, 0.717) is 5.56 Å². The van der Waals surface area contributed by atoms with Crippen LogP contribution in [0.4, 0.5) is 4.79 Å². The molecule has 3 aromatic rings. The Kier molecular flexibility index (Phi) is 5.39. The van der Waals surface area contributed by atoms with Gasteiger partial charge >= 0.3 is 12.1 Å². The molecule has 3 N–H and O–H groups in total. The highest BCUT2D eigenvalue weighted by Gasteiger charge is 2.23. The largest absolute Gasteiger partial charge is 0.508 e. The van der Waals surface area contributed by atoms with Gasteiger partial charge in [-0.3, -0.25) is 0 Å². The highest BCUT2D eigenvalue weighted by atomic mass is 16.5. The van der Waals surface area contributed by atoms with Gasteiger partial charge in [-0.1, -0.05) is 54.6 Å². The minimum atomic E-state index is -1.16. The van der Waals surface area contributed by atoms with Gasteiger partial charge in [0.15, 0.2) is 0 Å². The fourth-order valence-electron chi connectivity index (χ4n) is 3.75. The van der Waals surface area contributed by atoms with Gasteiger partial charge in [-0.15, -0.1) is 0 Å². The van der Waals surface area contributed by atoms with Crippen LogP contribution in [0.25, 0.3) is 11.1 Å². The number of carbonyl (C=O) groups is 2. The van der Waals surface area contributed by atoms with Crippen molar-refractivity contribution in [2.75, 3.05) is 0 Å². The first-order valence-electron chi connectivity index (χ1n) is 9.64. The van der Waals surface area contributed by atoms with Gasteiger partial charge in [-0.05, 0) is 51.9 Å². The van der Waals surface area contributed by atoms with Crippen LogP contribution in [0, 0.1) is 0 Å². The van der Waals surface area contributed by atoms with E-state index in [4.69, 9.17) is 4.74 Å². The number of fused-ring (bicyclic) bond motifs is 3. The highest BCUT2D eigenvalue weighted by molar-refractivity contribution is 5.80. The Hall–Kier alpha value is -3.80. The predicted octanol–water partition coefficient (Wildman–Crippen LogP) is 3.89. The van der Waals surface area contributed by atoms with Gasteiger partial charge in [0.25, 0.3) is 0 Å². The molecule has 0 bridgehead atoms. The van der Waals surface area contributed by atoms with E-state index < -0.39 is 18.1 Å². The van der Waals surface area contributed by atoms with Crippen LogP contribution < -0.4 is 5.32 Å². The molecule has 0 radical (unpaired) electrons. The summed E-state index contributed by atoms with van der Waals surface area (Å²) in [5.74, 6) is -1.06. The number of benzene rings is 3. The van der Waals surface area contributed by atoms with E-state index in [2.05, 4.69) is 23.5 Å². The Labute approximate surface area is 173 Å². The zero-order chi connectivity index (χ0) is 21.1. The SMILES string of the molecule is O=C(N[C@H](Cc1ccc(O)cc1)C(=O)O)OCc1cccc2c1Cc1ccccc1-2. The molecule has 0 saturated carbocycles. The zero-order valence-corrected chi connectivity index (χ0v) is 16.2. The third kappa shape index (κ3) is 4.12. The molecule has 0 fully saturated rings. The second-order valence-corrected chi connectivity index (χ2v) is 7.26. The summed E-state index contributed by atoms with van der Waals surface area (Å²) < 4.78 is 5.34. The standard InChI is InChI=1S/C24H21NO5/c26-18-10-8-15(9-11-18)12-22(23(27)28)25-24(29)30-14-17-5-3-7-20-19-6-2-1-4-16(19)13-21(17)20/h1-11,22,26H,12-14H2,(H,25,29)(H,27,28)/t22-/m1/s1. The fraction of sp³-hybridized carbons (Fsp3) is 0.167. The number of aromatic hydroxyl groups is 1. The van der Waals surface area contributed by atoms with E-state index in [1.54, 1.807) is 12.1 Å². The van der Waals surface area contributed by atoms with Gasteiger partial charge in [0.2, 0.25) is 0 Å². The highest BCUT2D eigenvalue weighted by Crippen LogP contribution is 2.38. The van der Waals surface area contributed by atoms with E-state index in [1.807, 2.05) is 24.3 Å². The summed E-state index contributed by atoms with van der Waals surface area (Å²) in [7, 11) is 0.